The number of hydrogen-bond donors (Lipinski definition) is 0. The molecule has 2 aliphatic rings. The zero-order chi connectivity index (χ0) is 17.0. The molecule has 2 saturated heterocycles. The van der Waals surface area contributed by atoms with E-state index in [1.54, 1.807) is 4.90 Å². The first-order valence-corrected chi connectivity index (χ1v) is 8.16. The summed E-state index contributed by atoms with van der Waals surface area (Å²) in [5, 5.41) is 0. The second kappa shape index (κ2) is 7.52. The van der Waals surface area contributed by atoms with E-state index < -0.39 is 11.9 Å². The molecule has 0 unspecified atom stereocenters. The van der Waals surface area contributed by atoms with Crippen LogP contribution in [-0.2, 0) is 15.7 Å². The number of anilines is 2. The van der Waals surface area contributed by atoms with E-state index in [2.05, 4.69) is 9.97 Å². The van der Waals surface area contributed by atoms with Gasteiger partial charge in [-0.25, -0.2) is 4.98 Å². The SMILES string of the molecule is FC(F)(F)c1cc(N2CCCOCC2)nc(N2CCCOCC2)n1. The molecule has 0 aromatic carbocycles. The predicted molar refractivity (Wildman–Crippen MR) is 82.3 cm³/mol. The first kappa shape index (κ1) is 17.2. The number of halogens is 3. The zero-order valence-electron chi connectivity index (χ0n) is 13.4. The van der Waals surface area contributed by atoms with Crippen LogP contribution in [0.5, 0.6) is 0 Å². The summed E-state index contributed by atoms with van der Waals surface area (Å²) in [6.45, 7) is 4.39. The Morgan fingerprint density at radius 2 is 1.46 bits per heavy atom. The van der Waals surface area contributed by atoms with Crippen molar-refractivity contribution in [1.82, 2.24) is 9.97 Å². The minimum absolute atomic E-state index is 0.121. The fourth-order valence-corrected chi connectivity index (χ4v) is 2.79. The van der Waals surface area contributed by atoms with Gasteiger partial charge >= 0.3 is 6.18 Å². The molecule has 0 radical (unpaired) electrons. The van der Waals surface area contributed by atoms with Crippen LogP contribution in [0, 0.1) is 0 Å². The summed E-state index contributed by atoms with van der Waals surface area (Å²) < 4.78 is 50.5. The molecule has 0 bridgehead atoms. The van der Waals surface area contributed by atoms with Crippen LogP contribution >= 0.6 is 0 Å². The predicted octanol–water partition coefficient (Wildman–Crippen LogP) is 1.95. The van der Waals surface area contributed by atoms with Crippen LogP contribution in [0.4, 0.5) is 24.9 Å². The maximum Gasteiger partial charge on any atom is 0.433 e. The number of aromatic nitrogens is 2. The largest absolute Gasteiger partial charge is 0.433 e. The molecule has 0 aliphatic carbocycles. The lowest BCUT2D eigenvalue weighted by Crippen LogP contribution is -2.32. The first-order chi connectivity index (χ1) is 11.5. The Morgan fingerprint density at radius 1 is 0.833 bits per heavy atom. The lowest BCUT2D eigenvalue weighted by atomic mass is 10.3. The highest BCUT2D eigenvalue weighted by Gasteiger charge is 2.35. The van der Waals surface area contributed by atoms with Gasteiger partial charge in [0.2, 0.25) is 5.95 Å². The topological polar surface area (TPSA) is 50.7 Å². The highest BCUT2D eigenvalue weighted by Crippen LogP contribution is 2.31. The summed E-state index contributed by atoms with van der Waals surface area (Å²) in [6, 6.07) is 1.03. The van der Waals surface area contributed by atoms with Crippen molar-refractivity contribution in [2.24, 2.45) is 0 Å². The summed E-state index contributed by atoms with van der Waals surface area (Å²) in [5.41, 5.74) is -0.905. The monoisotopic (exact) mass is 346 g/mol. The molecule has 3 heterocycles. The zero-order valence-corrected chi connectivity index (χ0v) is 13.4. The lowest BCUT2D eigenvalue weighted by Gasteiger charge is -2.25. The Labute approximate surface area is 138 Å². The van der Waals surface area contributed by atoms with Gasteiger partial charge in [0.25, 0.3) is 0 Å². The third-order valence-corrected chi connectivity index (χ3v) is 4.04. The number of hydrogen-bond acceptors (Lipinski definition) is 6. The van der Waals surface area contributed by atoms with E-state index >= 15 is 0 Å². The van der Waals surface area contributed by atoms with Crippen LogP contribution in [0.15, 0.2) is 6.07 Å². The van der Waals surface area contributed by atoms with Gasteiger partial charge in [-0.15, -0.1) is 0 Å². The maximum atomic E-state index is 13.3. The summed E-state index contributed by atoms with van der Waals surface area (Å²) in [7, 11) is 0. The molecule has 9 heteroatoms. The van der Waals surface area contributed by atoms with Crippen molar-refractivity contribution < 1.29 is 22.6 Å². The second-order valence-corrected chi connectivity index (χ2v) is 5.82. The van der Waals surface area contributed by atoms with Crippen LogP contribution < -0.4 is 9.80 Å². The molecule has 2 aliphatic heterocycles. The average Bonchev–Trinajstić information content (AvgIpc) is 2.99. The van der Waals surface area contributed by atoms with Gasteiger partial charge in [-0.2, -0.15) is 18.2 Å². The van der Waals surface area contributed by atoms with Gasteiger partial charge in [0.1, 0.15) is 5.82 Å². The van der Waals surface area contributed by atoms with E-state index in [9.17, 15) is 13.2 Å². The summed E-state index contributed by atoms with van der Waals surface area (Å²) in [4.78, 5) is 11.8. The van der Waals surface area contributed by atoms with Crippen molar-refractivity contribution in [3.05, 3.63) is 11.8 Å². The number of rotatable bonds is 2. The minimum atomic E-state index is -4.50. The summed E-state index contributed by atoms with van der Waals surface area (Å²) in [5.74, 6) is 0.429. The van der Waals surface area contributed by atoms with Crippen LogP contribution in [-0.4, -0.2) is 62.6 Å². The quantitative estimate of drug-likeness (QED) is 0.816. The third kappa shape index (κ3) is 4.27. The fourth-order valence-electron chi connectivity index (χ4n) is 2.79. The smallest absolute Gasteiger partial charge is 0.380 e. The van der Waals surface area contributed by atoms with Gasteiger partial charge in [-0.05, 0) is 12.8 Å². The van der Waals surface area contributed by atoms with Crippen molar-refractivity contribution in [1.29, 1.82) is 0 Å². The van der Waals surface area contributed by atoms with E-state index in [0.717, 1.165) is 18.9 Å². The Bertz CT molecular complexity index is 502. The van der Waals surface area contributed by atoms with Gasteiger partial charge in [-0.1, -0.05) is 0 Å². The maximum absolute atomic E-state index is 13.3. The van der Waals surface area contributed by atoms with Gasteiger partial charge in [0.15, 0.2) is 5.69 Å². The van der Waals surface area contributed by atoms with Crippen molar-refractivity contribution in [2.75, 3.05) is 62.4 Å². The number of ether oxygens (including phenoxy) is 2. The molecule has 0 N–H and O–H groups in total. The highest BCUT2D eigenvalue weighted by molar-refractivity contribution is 5.47. The van der Waals surface area contributed by atoms with E-state index in [-0.39, 0.29) is 5.95 Å². The van der Waals surface area contributed by atoms with Crippen LogP contribution in [0.25, 0.3) is 0 Å². The van der Waals surface area contributed by atoms with Crippen LogP contribution in [0.3, 0.4) is 0 Å². The Morgan fingerprint density at radius 3 is 2.12 bits per heavy atom. The van der Waals surface area contributed by atoms with Crippen LogP contribution in [0.1, 0.15) is 18.5 Å². The molecular formula is C15H21F3N4O2. The molecular weight excluding hydrogens is 325 g/mol. The van der Waals surface area contributed by atoms with Crippen molar-refractivity contribution in [2.45, 2.75) is 19.0 Å². The summed E-state index contributed by atoms with van der Waals surface area (Å²) in [6.07, 6.45) is -3.00. The van der Waals surface area contributed by atoms with Gasteiger partial charge in [-0.3, -0.25) is 0 Å². The number of alkyl halides is 3. The van der Waals surface area contributed by atoms with Crippen molar-refractivity contribution in [3.8, 4) is 0 Å². The normalized spacial score (nSPS) is 20.6. The van der Waals surface area contributed by atoms with E-state index in [1.165, 1.54) is 0 Å². The lowest BCUT2D eigenvalue weighted by molar-refractivity contribution is -0.141. The molecule has 134 valence electrons. The Hall–Kier alpha value is -1.61. The molecule has 6 nitrogen and oxygen atoms in total. The second-order valence-electron chi connectivity index (χ2n) is 5.82. The molecule has 0 atom stereocenters. The van der Waals surface area contributed by atoms with Crippen molar-refractivity contribution in [3.63, 3.8) is 0 Å². The molecule has 0 amide bonds. The van der Waals surface area contributed by atoms with Gasteiger partial charge in [0.05, 0.1) is 13.2 Å². The highest BCUT2D eigenvalue weighted by atomic mass is 19.4. The first-order valence-electron chi connectivity index (χ1n) is 8.16. The molecule has 2 fully saturated rings. The molecule has 0 saturated carbocycles. The molecule has 3 rings (SSSR count). The average molecular weight is 346 g/mol. The molecule has 0 spiro atoms. The Kier molecular flexibility index (Phi) is 5.40. The summed E-state index contributed by atoms with van der Waals surface area (Å²) >= 11 is 0. The minimum Gasteiger partial charge on any atom is -0.380 e. The molecule has 1 aromatic heterocycles. The van der Waals surface area contributed by atoms with Crippen molar-refractivity contribution >= 4 is 11.8 Å². The van der Waals surface area contributed by atoms with E-state index in [4.69, 9.17) is 9.47 Å². The fraction of sp³-hybridized carbons (Fsp3) is 0.733. The van der Waals surface area contributed by atoms with Gasteiger partial charge < -0.3 is 19.3 Å². The molecule has 24 heavy (non-hydrogen) atoms. The Balaban J connectivity index is 1.93. The van der Waals surface area contributed by atoms with Gasteiger partial charge in [0, 0.05) is 45.5 Å². The van der Waals surface area contributed by atoms with Crippen LogP contribution in [0.2, 0.25) is 0 Å². The van der Waals surface area contributed by atoms with E-state index in [0.29, 0.717) is 58.4 Å². The standard InChI is InChI=1S/C15H21F3N4O2/c16-15(17,18)12-11-13(21-3-1-7-23-9-5-21)20-14(19-12)22-4-2-8-24-10-6-22/h11H,1-10H2. The molecule has 1 aromatic rings. The number of nitrogens with zero attached hydrogens (tertiary/aromatic N) is 4. The van der Waals surface area contributed by atoms with E-state index in [1.807, 2.05) is 4.90 Å². The third-order valence-electron chi connectivity index (χ3n) is 4.04.